The smallest absolute Gasteiger partial charge is 0.228 e. The second kappa shape index (κ2) is 5.55. The van der Waals surface area contributed by atoms with Crippen LogP contribution in [0.25, 0.3) is 32.1 Å². The summed E-state index contributed by atoms with van der Waals surface area (Å²) >= 11 is 1.81. The topological polar surface area (TPSA) is 13.1 Å². The first kappa shape index (κ1) is 15.8. The molecule has 0 radical (unpaired) electrons. The average molecular weight is 361 g/mol. The van der Waals surface area contributed by atoms with Crippen molar-refractivity contribution in [2.45, 2.75) is 27.2 Å². The number of pyridine rings is 1. The van der Waals surface area contributed by atoms with E-state index >= 15 is 0 Å². The minimum atomic E-state index is 0.627. The van der Waals surface area contributed by atoms with Gasteiger partial charge in [0.15, 0.2) is 6.20 Å². The molecule has 2 nitrogen and oxygen atoms in total. The summed E-state index contributed by atoms with van der Waals surface area (Å²) in [6.07, 6.45) is 3.24. The molecule has 4 aromatic rings. The molecule has 26 heavy (non-hydrogen) atoms. The summed E-state index contributed by atoms with van der Waals surface area (Å²) in [5, 5.41) is 5.93. The van der Waals surface area contributed by atoms with Gasteiger partial charge in [0, 0.05) is 10.8 Å². The predicted octanol–water partition coefficient (Wildman–Crippen LogP) is 6.16. The van der Waals surface area contributed by atoms with Gasteiger partial charge in [-0.25, -0.2) is 4.57 Å². The maximum Gasteiger partial charge on any atom is 0.228 e. The Bertz CT molecular complexity index is 1190. The van der Waals surface area contributed by atoms with E-state index in [2.05, 4.69) is 74.3 Å². The first-order chi connectivity index (χ1) is 12.5. The van der Waals surface area contributed by atoms with Crippen LogP contribution in [0.1, 0.15) is 25.0 Å². The highest BCUT2D eigenvalue weighted by Crippen LogP contribution is 2.49. The molecule has 0 bridgehead atoms. The molecular formula is C23H22NOS+. The molecule has 2 aromatic heterocycles. The zero-order chi connectivity index (χ0) is 18.0. The van der Waals surface area contributed by atoms with Crippen LogP contribution >= 0.6 is 11.3 Å². The maximum atomic E-state index is 6.48. The fourth-order valence-electron chi connectivity index (χ4n) is 4.24. The van der Waals surface area contributed by atoms with E-state index in [1.165, 1.54) is 43.2 Å². The van der Waals surface area contributed by atoms with Crippen molar-refractivity contribution < 1.29 is 9.30 Å². The molecule has 130 valence electrons. The molecule has 0 unspecified atom stereocenters. The van der Waals surface area contributed by atoms with Gasteiger partial charge in [0.1, 0.15) is 18.5 Å². The summed E-state index contributed by atoms with van der Waals surface area (Å²) in [5.74, 6) is 2.60. The molecule has 1 aliphatic heterocycles. The van der Waals surface area contributed by atoms with Crippen molar-refractivity contribution in [1.29, 1.82) is 0 Å². The van der Waals surface area contributed by atoms with Crippen molar-refractivity contribution in [3.8, 4) is 22.8 Å². The molecule has 5 rings (SSSR count). The quantitative estimate of drug-likeness (QED) is 0.344. The van der Waals surface area contributed by atoms with E-state index in [9.17, 15) is 0 Å². The molecule has 0 N–H and O–H groups in total. The number of aryl methyl sites for hydroxylation is 2. The first-order valence-corrected chi connectivity index (χ1v) is 10.0. The standard InChI is InChI=1S/C23H22NOS/c1-13(2)9-15-10-16-5-7-24(4)22-20-14(3)23-17(6-8-26-23)12-19(20)25-18(11-15)21(16)22/h5-8,10-13H,9H2,1-4H3/q+1. The highest BCUT2D eigenvalue weighted by atomic mass is 32.1. The lowest BCUT2D eigenvalue weighted by Gasteiger charge is -2.22. The zero-order valence-electron chi connectivity index (χ0n) is 15.6. The van der Waals surface area contributed by atoms with Crippen LogP contribution in [0.5, 0.6) is 11.5 Å². The Labute approximate surface area is 157 Å². The number of hydrogen-bond donors (Lipinski definition) is 0. The highest BCUT2D eigenvalue weighted by molar-refractivity contribution is 7.17. The van der Waals surface area contributed by atoms with Gasteiger partial charge in [-0.2, -0.15) is 0 Å². The Balaban J connectivity index is 1.88. The molecule has 0 aliphatic carbocycles. The molecule has 0 saturated carbocycles. The number of hydrogen-bond acceptors (Lipinski definition) is 2. The third-order valence-electron chi connectivity index (χ3n) is 5.30. The minimum absolute atomic E-state index is 0.627. The second-order valence-corrected chi connectivity index (χ2v) is 8.66. The van der Waals surface area contributed by atoms with Gasteiger partial charge in [-0.1, -0.05) is 19.9 Å². The van der Waals surface area contributed by atoms with Crippen molar-refractivity contribution in [2.24, 2.45) is 13.0 Å². The Morgan fingerprint density at radius 2 is 1.92 bits per heavy atom. The highest BCUT2D eigenvalue weighted by Gasteiger charge is 2.30. The van der Waals surface area contributed by atoms with E-state index in [0.717, 1.165) is 17.9 Å². The third-order valence-corrected chi connectivity index (χ3v) is 6.35. The molecule has 2 aromatic carbocycles. The zero-order valence-corrected chi connectivity index (χ0v) is 16.4. The van der Waals surface area contributed by atoms with Gasteiger partial charge < -0.3 is 4.74 Å². The van der Waals surface area contributed by atoms with Crippen LogP contribution in [0, 0.1) is 12.8 Å². The van der Waals surface area contributed by atoms with E-state index in [0.29, 0.717) is 5.92 Å². The van der Waals surface area contributed by atoms with E-state index in [4.69, 9.17) is 4.74 Å². The van der Waals surface area contributed by atoms with Crippen molar-refractivity contribution in [3.05, 3.63) is 53.0 Å². The molecule has 0 spiro atoms. The lowest BCUT2D eigenvalue weighted by molar-refractivity contribution is -0.659. The lowest BCUT2D eigenvalue weighted by Crippen LogP contribution is -2.31. The SMILES string of the molecule is Cc1c2c(cc3ccsc13)Oc1cc(CC(C)C)cc3cc[n+](C)c-2c13. The van der Waals surface area contributed by atoms with Crippen molar-refractivity contribution in [2.75, 3.05) is 0 Å². The number of rotatable bonds is 2. The van der Waals surface area contributed by atoms with E-state index < -0.39 is 0 Å². The van der Waals surface area contributed by atoms with Gasteiger partial charge in [-0.15, -0.1) is 11.3 Å². The summed E-state index contributed by atoms with van der Waals surface area (Å²) in [6.45, 7) is 6.75. The maximum absolute atomic E-state index is 6.48. The number of thiophene rings is 1. The van der Waals surface area contributed by atoms with Gasteiger partial charge in [0.25, 0.3) is 0 Å². The fraction of sp³-hybridized carbons (Fsp3) is 0.261. The molecule has 0 fully saturated rings. The molecular weight excluding hydrogens is 338 g/mol. The van der Waals surface area contributed by atoms with Gasteiger partial charge in [-0.05, 0) is 64.7 Å². The Morgan fingerprint density at radius 1 is 1.08 bits per heavy atom. The van der Waals surface area contributed by atoms with Gasteiger partial charge in [-0.3, -0.25) is 0 Å². The summed E-state index contributed by atoms with van der Waals surface area (Å²) in [6, 6.07) is 11.2. The molecule has 0 atom stereocenters. The largest absolute Gasteiger partial charge is 0.456 e. The molecule has 0 saturated heterocycles. The van der Waals surface area contributed by atoms with Crippen LogP contribution < -0.4 is 9.30 Å². The normalized spacial score (nSPS) is 12.7. The van der Waals surface area contributed by atoms with Crippen molar-refractivity contribution in [1.82, 2.24) is 0 Å². The number of ether oxygens (including phenoxy) is 1. The van der Waals surface area contributed by atoms with Crippen LogP contribution in [-0.2, 0) is 13.5 Å². The van der Waals surface area contributed by atoms with Crippen LogP contribution in [0.3, 0.4) is 0 Å². The number of nitrogens with zero attached hydrogens (tertiary/aromatic N) is 1. The van der Waals surface area contributed by atoms with Crippen LogP contribution in [-0.4, -0.2) is 0 Å². The summed E-state index contributed by atoms with van der Waals surface area (Å²) in [4.78, 5) is 0. The summed E-state index contributed by atoms with van der Waals surface area (Å²) < 4.78 is 10.1. The second-order valence-electron chi connectivity index (χ2n) is 7.75. The van der Waals surface area contributed by atoms with Crippen molar-refractivity contribution >= 4 is 32.2 Å². The monoisotopic (exact) mass is 360 g/mol. The molecule has 3 heteroatoms. The Kier molecular flexibility index (Phi) is 3.38. The lowest BCUT2D eigenvalue weighted by atomic mass is 9.92. The summed E-state index contributed by atoms with van der Waals surface area (Å²) in [7, 11) is 2.13. The van der Waals surface area contributed by atoms with Gasteiger partial charge >= 0.3 is 0 Å². The van der Waals surface area contributed by atoms with Crippen LogP contribution in [0.2, 0.25) is 0 Å². The van der Waals surface area contributed by atoms with Crippen LogP contribution in [0.4, 0.5) is 0 Å². The minimum Gasteiger partial charge on any atom is -0.456 e. The Morgan fingerprint density at radius 3 is 2.73 bits per heavy atom. The number of benzene rings is 2. The van der Waals surface area contributed by atoms with E-state index in [1.807, 2.05) is 11.3 Å². The predicted molar refractivity (Wildman–Crippen MR) is 109 cm³/mol. The van der Waals surface area contributed by atoms with Gasteiger partial charge in [0.05, 0.1) is 10.9 Å². The fourth-order valence-corrected chi connectivity index (χ4v) is 5.13. The molecule has 0 amide bonds. The van der Waals surface area contributed by atoms with E-state index in [1.54, 1.807) is 0 Å². The third kappa shape index (κ3) is 2.20. The molecule has 1 aliphatic rings. The van der Waals surface area contributed by atoms with Crippen LogP contribution in [0.15, 0.2) is 41.9 Å². The summed E-state index contributed by atoms with van der Waals surface area (Å²) in [5.41, 5.74) is 5.16. The number of fused-ring (bicyclic) bond motifs is 3. The Hall–Kier alpha value is -2.39. The average Bonchev–Trinajstić information content (AvgIpc) is 3.05. The van der Waals surface area contributed by atoms with Crippen molar-refractivity contribution in [3.63, 3.8) is 0 Å². The first-order valence-electron chi connectivity index (χ1n) is 9.17. The number of aromatic nitrogens is 1. The van der Waals surface area contributed by atoms with Gasteiger partial charge in [0.2, 0.25) is 5.69 Å². The van der Waals surface area contributed by atoms with E-state index in [-0.39, 0.29) is 0 Å². The molecule has 3 heterocycles.